The first-order valence-corrected chi connectivity index (χ1v) is 8.41. The lowest BCUT2D eigenvalue weighted by atomic mass is 10.1. The van der Waals surface area contributed by atoms with Crippen molar-refractivity contribution in [3.8, 4) is 5.75 Å². The number of hydrogen-bond donors (Lipinski definition) is 0. The molecule has 0 aliphatic heterocycles. The molecule has 0 saturated heterocycles. The third-order valence-corrected chi connectivity index (χ3v) is 5.28. The van der Waals surface area contributed by atoms with Crippen molar-refractivity contribution in [2.45, 2.75) is 12.1 Å². The molecule has 0 saturated carbocycles. The summed E-state index contributed by atoms with van der Waals surface area (Å²) in [6, 6.07) is 7.46. The Balaban J connectivity index is 2.82. The van der Waals surface area contributed by atoms with Crippen molar-refractivity contribution in [2.24, 2.45) is 0 Å². The number of carbonyl (C=O) groups excluding carboxylic acids is 1. The monoisotopic (exact) mass is 343 g/mol. The fourth-order valence-corrected chi connectivity index (χ4v) is 3.19. The van der Waals surface area contributed by atoms with Gasteiger partial charge in [0, 0.05) is 20.8 Å². The van der Waals surface area contributed by atoms with Gasteiger partial charge in [0.25, 0.3) is 6.16 Å². The lowest BCUT2D eigenvalue weighted by molar-refractivity contribution is -0.282. The second-order valence-electron chi connectivity index (χ2n) is 4.52. The molecule has 1 atom stereocenters. The molecule has 1 rings (SSSR count). The van der Waals surface area contributed by atoms with E-state index in [-0.39, 0.29) is 6.61 Å². The highest BCUT2D eigenvalue weighted by atomic mass is 31.2. The Morgan fingerprint density at radius 3 is 2.57 bits per heavy atom. The van der Waals surface area contributed by atoms with Crippen molar-refractivity contribution < 1.29 is 33.0 Å². The molecule has 8 heteroatoms. The minimum absolute atomic E-state index is 0.379. The van der Waals surface area contributed by atoms with E-state index in [2.05, 4.69) is 4.74 Å². The molecule has 0 fully saturated rings. The standard InChI is InChI=1S/C15H21O7P/c1-19-13-8-4-6-12(10-13)7-5-9-14(11-22-15(16)17)23(18,20-2)21-3/h4-6,8-10,14H,7,11H2,1-3H3,(H,16,17)/p-1. The maximum atomic E-state index is 12.4. The lowest BCUT2D eigenvalue weighted by Gasteiger charge is -2.23. The molecule has 0 spiro atoms. The van der Waals surface area contributed by atoms with Crippen LogP contribution in [0.1, 0.15) is 5.56 Å². The van der Waals surface area contributed by atoms with Crippen LogP contribution in [0.4, 0.5) is 4.79 Å². The number of ether oxygens (including phenoxy) is 2. The number of carboxylic acid groups (broad SMARTS) is 1. The van der Waals surface area contributed by atoms with Crippen LogP contribution in [-0.4, -0.2) is 39.8 Å². The smallest absolute Gasteiger partial charge is 0.338 e. The summed E-state index contributed by atoms with van der Waals surface area (Å²) >= 11 is 0. The van der Waals surface area contributed by atoms with Crippen LogP contribution >= 0.6 is 7.60 Å². The first-order chi connectivity index (χ1) is 10.9. The fraction of sp³-hybridized carbons (Fsp3) is 0.400. The normalized spacial score (nSPS) is 13.0. The number of allylic oxidation sites excluding steroid dienone is 1. The fourth-order valence-electron chi connectivity index (χ4n) is 1.91. The van der Waals surface area contributed by atoms with Gasteiger partial charge in [-0.2, -0.15) is 0 Å². The first kappa shape index (κ1) is 19.2. The first-order valence-electron chi connectivity index (χ1n) is 6.79. The zero-order valence-corrected chi connectivity index (χ0v) is 14.2. The Morgan fingerprint density at radius 2 is 2.00 bits per heavy atom. The Bertz CT molecular complexity index is 577. The predicted octanol–water partition coefficient (Wildman–Crippen LogP) is 2.01. The van der Waals surface area contributed by atoms with Crippen LogP contribution in [-0.2, 0) is 24.8 Å². The van der Waals surface area contributed by atoms with Crippen LogP contribution in [0.15, 0.2) is 36.4 Å². The molecule has 0 aliphatic rings. The van der Waals surface area contributed by atoms with Crippen molar-refractivity contribution in [3.63, 3.8) is 0 Å². The van der Waals surface area contributed by atoms with Gasteiger partial charge in [0.2, 0.25) is 0 Å². The Kier molecular flexibility index (Phi) is 7.81. The van der Waals surface area contributed by atoms with Crippen molar-refractivity contribution in [1.29, 1.82) is 0 Å². The van der Waals surface area contributed by atoms with E-state index in [1.807, 2.05) is 24.3 Å². The second kappa shape index (κ2) is 9.35. The summed E-state index contributed by atoms with van der Waals surface area (Å²) in [5, 5.41) is 10.4. The SMILES string of the molecule is COc1cccc(CC=CC(COC(=O)[O-])P(=O)(OC)OC)c1. The van der Waals surface area contributed by atoms with E-state index < -0.39 is 19.4 Å². The van der Waals surface area contributed by atoms with Crippen LogP contribution < -0.4 is 9.84 Å². The summed E-state index contributed by atoms with van der Waals surface area (Å²) in [7, 11) is 0.524. The van der Waals surface area contributed by atoms with Crippen LogP contribution in [0.25, 0.3) is 0 Å². The van der Waals surface area contributed by atoms with E-state index in [1.165, 1.54) is 14.2 Å². The molecule has 0 aromatic heterocycles. The van der Waals surface area contributed by atoms with E-state index in [0.717, 1.165) is 11.3 Å². The third-order valence-electron chi connectivity index (χ3n) is 3.13. The third kappa shape index (κ3) is 6.06. The van der Waals surface area contributed by atoms with Gasteiger partial charge in [0.05, 0.1) is 12.8 Å². The number of methoxy groups -OCH3 is 1. The molecule has 23 heavy (non-hydrogen) atoms. The van der Waals surface area contributed by atoms with Crippen LogP contribution in [0.5, 0.6) is 5.75 Å². The van der Waals surface area contributed by atoms with Gasteiger partial charge in [0.1, 0.15) is 5.75 Å². The largest absolute Gasteiger partial charge is 0.548 e. The molecule has 0 bridgehead atoms. The van der Waals surface area contributed by atoms with Gasteiger partial charge in [0.15, 0.2) is 0 Å². The Hall–Kier alpha value is -1.82. The predicted molar refractivity (Wildman–Crippen MR) is 82.6 cm³/mol. The molecule has 7 nitrogen and oxygen atoms in total. The summed E-state index contributed by atoms with van der Waals surface area (Å²) in [5.74, 6) is 0.729. The Morgan fingerprint density at radius 1 is 1.30 bits per heavy atom. The number of rotatable bonds is 9. The average molecular weight is 343 g/mol. The molecular weight excluding hydrogens is 323 g/mol. The van der Waals surface area contributed by atoms with Gasteiger partial charge in [-0.05, 0) is 24.1 Å². The quantitative estimate of drug-likeness (QED) is 0.384. The molecule has 0 N–H and O–H groups in total. The summed E-state index contributed by atoms with van der Waals surface area (Å²) in [5.41, 5.74) is 0.117. The highest BCUT2D eigenvalue weighted by Gasteiger charge is 2.31. The van der Waals surface area contributed by atoms with Crippen molar-refractivity contribution in [2.75, 3.05) is 27.9 Å². The van der Waals surface area contributed by atoms with Gasteiger partial charge >= 0.3 is 7.60 Å². The van der Waals surface area contributed by atoms with Gasteiger partial charge in [-0.3, -0.25) is 4.57 Å². The molecule has 0 radical (unpaired) electrons. The van der Waals surface area contributed by atoms with E-state index >= 15 is 0 Å². The van der Waals surface area contributed by atoms with Gasteiger partial charge < -0.3 is 28.4 Å². The van der Waals surface area contributed by atoms with Gasteiger partial charge in [-0.1, -0.05) is 24.3 Å². The van der Waals surface area contributed by atoms with E-state index in [9.17, 15) is 14.5 Å². The molecule has 1 aromatic rings. The molecule has 0 heterocycles. The topological polar surface area (TPSA) is 94.1 Å². The Labute approximate surface area is 135 Å². The van der Waals surface area contributed by atoms with E-state index in [4.69, 9.17) is 13.8 Å². The zero-order valence-electron chi connectivity index (χ0n) is 13.3. The van der Waals surface area contributed by atoms with Crippen molar-refractivity contribution in [1.82, 2.24) is 0 Å². The molecule has 0 amide bonds. The molecule has 0 aliphatic carbocycles. The summed E-state index contributed by atoms with van der Waals surface area (Å²) in [6.07, 6.45) is 2.13. The van der Waals surface area contributed by atoms with Crippen molar-refractivity contribution >= 4 is 13.8 Å². The molecular formula is C15H20O7P-. The average Bonchev–Trinajstić information content (AvgIpc) is 2.57. The zero-order chi connectivity index (χ0) is 17.3. The van der Waals surface area contributed by atoms with Crippen LogP contribution in [0.2, 0.25) is 0 Å². The minimum Gasteiger partial charge on any atom is -0.548 e. The molecule has 1 aromatic carbocycles. The highest BCUT2D eigenvalue weighted by molar-refractivity contribution is 7.54. The lowest BCUT2D eigenvalue weighted by Crippen LogP contribution is -2.28. The summed E-state index contributed by atoms with van der Waals surface area (Å²) in [4.78, 5) is 10.4. The van der Waals surface area contributed by atoms with Gasteiger partial charge in [-0.25, -0.2) is 0 Å². The maximum absolute atomic E-state index is 12.4. The summed E-state index contributed by atoms with van der Waals surface area (Å²) in [6.45, 7) is -0.379. The van der Waals surface area contributed by atoms with E-state index in [1.54, 1.807) is 19.3 Å². The molecule has 128 valence electrons. The highest BCUT2D eigenvalue weighted by Crippen LogP contribution is 2.52. The second-order valence-corrected chi connectivity index (χ2v) is 6.99. The molecule has 1 unspecified atom stereocenters. The van der Waals surface area contributed by atoms with Gasteiger partial charge in [-0.15, -0.1) is 0 Å². The number of benzene rings is 1. The van der Waals surface area contributed by atoms with Crippen LogP contribution in [0.3, 0.4) is 0 Å². The maximum Gasteiger partial charge on any atom is 0.338 e. The van der Waals surface area contributed by atoms with Crippen molar-refractivity contribution in [3.05, 3.63) is 42.0 Å². The summed E-state index contributed by atoms with van der Waals surface area (Å²) < 4.78 is 31.7. The minimum atomic E-state index is -3.51. The number of carbonyl (C=O) groups is 1. The van der Waals surface area contributed by atoms with E-state index in [0.29, 0.717) is 6.42 Å². The van der Waals surface area contributed by atoms with Crippen LogP contribution in [0, 0.1) is 0 Å². The number of hydrogen-bond acceptors (Lipinski definition) is 7.